The third-order valence-corrected chi connectivity index (χ3v) is 3.44. The number of carbonyl (C=O) groups is 1. The number of hydrogen-bond donors (Lipinski definition) is 1. The molecule has 0 spiro atoms. The van der Waals surface area contributed by atoms with E-state index in [-0.39, 0.29) is 0 Å². The van der Waals surface area contributed by atoms with Crippen LogP contribution in [0.1, 0.15) is 53.5 Å². The standard InChI is InChI=1S/C18H29ClN2O3/c1-12(2)9-18(7,21-16(22)24-17(4,5)6)11-23-14-10-20-15(19)8-13(14)3/h8,10,12H,9,11H2,1-7H3,(H,21,22)/t18-/m0/s1. The van der Waals surface area contributed by atoms with E-state index in [2.05, 4.69) is 24.1 Å². The molecule has 1 aromatic heterocycles. The number of pyridine rings is 1. The summed E-state index contributed by atoms with van der Waals surface area (Å²) in [6, 6.07) is 1.75. The summed E-state index contributed by atoms with van der Waals surface area (Å²) >= 11 is 5.87. The first-order valence-corrected chi connectivity index (χ1v) is 8.54. The maximum Gasteiger partial charge on any atom is 0.408 e. The smallest absolute Gasteiger partial charge is 0.408 e. The highest BCUT2D eigenvalue weighted by Crippen LogP contribution is 2.23. The number of aryl methyl sites for hydroxylation is 1. The van der Waals surface area contributed by atoms with Gasteiger partial charge in [0, 0.05) is 0 Å². The van der Waals surface area contributed by atoms with Crippen LogP contribution in [-0.4, -0.2) is 28.8 Å². The highest BCUT2D eigenvalue weighted by Gasteiger charge is 2.31. The molecule has 0 unspecified atom stereocenters. The summed E-state index contributed by atoms with van der Waals surface area (Å²) in [6.45, 7) is 13.9. The van der Waals surface area contributed by atoms with Crippen LogP contribution in [0.2, 0.25) is 5.15 Å². The fraction of sp³-hybridized carbons (Fsp3) is 0.667. The van der Waals surface area contributed by atoms with E-state index >= 15 is 0 Å². The molecule has 0 aliphatic rings. The average Bonchev–Trinajstić information content (AvgIpc) is 2.33. The van der Waals surface area contributed by atoms with E-state index < -0.39 is 17.2 Å². The van der Waals surface area contributed by atoms with Gasteiger partial charge in [0.2, 0.25) is 0 Å². The summed E-state index contributed by atoms with van der Waals surface area (Å²) in [6.07, 6.45) is 1.91. The molecule has 0 aliphatic heterocycles. The Kier molecular flexibility index (Phi) is 6.90. The van der Waals surface area contributed by atoms with Crippen molar-refractivity contribution < 1.29 is 14.3 Å². The molecule has 0 aliphatic carbocycles. The van der Waals surface area contributed by atoms with Gasteiger partial charge in [-0.2, -0.15) is 0 Å². The largest absolute Gasteiger partial charge is 0.489 e. The summed E-state index contributed by atoms with van der Waals surface area (Å²) in [5.41, 5.74) is -0.192. The lowest BCUT2D eigenvalue weighted by atomic mass is 9.91. The van der Waals surface area contributed by atoms with E-state index in [1.54, 1.807) is 12.3 Å². The maximum absolute atomic E-state index is 12.2. The van der Waals surface area contributed by atoms with Gasteiger partial charge in [0.05, 0.1) is 11.7 Å². The lowest BCUT2D eigenvalue weighted by molar-refractivity contribution is 0.0407. The van der Waals surface area contributed by atoms with E-state index in [1.165, 1.54) is 0 Å². The first kappa shape index (κ1) is 20.6. The average molecular weight is 357 g/mol. The molecule has 0 saturated heterocycles. The van der Waals surface area contributed by atoms with Gasteiger partial charge in [-0.15, -0.1) is 0 Å². The van der Waals surface area contributed by atoms with Crippen molar-refractivity contribution in [2.75, 3.05) is 6.61 Å². The molecule has 0 aromatic carbocycles. The summed E-state index contributed by atoms with van der Waals surface area (Å²) in [5, 5.41) is 3.38. The number of nitrogens with one attached hydrogen (secondary N) is 1. The first-order chi connectivity index (χ1) is 10.9. The number of amides is 1. The topological polar surface area (TPSA) is 60.5 Å². The Morgan fingerprint density at radius 3 is 2.46 bits per heavy atom. The van der Waals surface area contributed by atoms with E-state index in [9.17, 15) is 4.79 Å². The normalized spacial score (nSPS) is 14.2. The van der Waals surface area contributed by atoms with Crippen LogP contribution in [0.15, 0.2) is 12.3 Å². The lowest BCUT2D eigenvalue weighted by Gasteiger charge is -2.33. The molecule has 6 heteroatoms. The second-order valence-corrected chi connectivity index (χ2v) is 8.23. The van der Waals surface area contributed by atoms with Crippen molar-refractivity contribution in [2.45, 2.75) is 66.0 Å². The van der Waals surface area contributed by atoms with Crippen LogP contribution in [0.4, 0.5) is 4.79 Å². The summed E-state index contributed by atoms with van der Waals surface area (Å²) in [5.74, 6) is 1.04. The Labute approximate surface area is 150 Å². The minimum atomic E-state index is -0.553. The maximum atomic E-state index is 12.2. The van der Waals surface area contributed by atoms with Crippen molar-refractivity contribution in [2.24, 2.45) is 5.92 Å². The highest BCUT2D eigenvalue weighted by molar-refractivity contribution is 6.29. The summed E-state index contributed by atoms with van der Waals surface area (Å²) in [7, 11) is 0. The van der Waals surface area contributed by atoms with E-state index in [0.717, 1.165) is 12.0 Å². The van der Waals surface area contributed by atoms with Crippen LogP contribution < -0.4 is 10.1 Å². The highest BCUT2D eigenvalue weighted by atomic mass is 35.5. The van der Waals surface area contributed by atoms with Crippen molar-refractivity contribution in [1.29, 1.82) is 0 Å². The minimum Gasteiger partial charge on any atom is -0.489 e. The molecule has 24 heavy (non-hydrogen) atoms. The zero-order valence-electron chi connectivity index (χ0n) is 15.7. The zero-order valence-corrected chi connectivity index (χ0v) is 16.5. The fourth-order valence-corrected chi connectivity index (χ4v) is 2.71. The number of nitrogens with zero attached hydrogens (tertiary/aromatic N) is 1. The van der Waals surface area contributed by atoms with Gasteiger partial charge in [-0.3, -0.25) is 0 Å². The number of aromatic nitrogens is 1. The lowest BCUT2D eigenvalue weighted by Crippen LogP contribution is -2.52. The number of ether oxygens (including phenoxy) is 2. The SMILES string of the molecule is Cc1cc(Cl)ncc1OC[C@](C)(CC(C)C)NC(=O)OC(C)(C)C. The van der Waals surface area contributed by atoms with Crippen molar-refractivity contribution in [1.82, 2.24) is 10.3 Å². The quantitative estimate of drug-likeness (QED) is 0.747. The van der Waals surface area contributed by atoms with E-state index in [0.29, 0.717) is 23.4 Å². The molecule has 1 heterocycles. The summed E-state index contributed by atoms with van der Waals surface area (Å²) < 4.78 is 11.3. The Morgan fingerprint density at radius 2 is 1.96 bits per heavy atom. The minimum absolute atomic E-state index is 0.314. The molecular weight excluding hydrogens is 328 g/mol. The number of hydrogen-bond acceptors (Lipinski definition) is 4. The number of alkyl carbamates (subject to hydrolysis) is 1. The van der Waals surface area contributed by atoms with Crippen LogP contribution in [0.5, 0.6) is 5.75 Å². The van der Waals surface area contributed by atoms with Crippen LogP contribution in [0, 0.1) is 12.8 Å². The molecule has 0 bridgehead atoms. The third kappa shape index (κ3) is 7.39. The van der Waals surface area contributed by atoms with Crippen molar-refractivity contribution in [3.63, 3.8) is 0 Å². The molecule has 0 saturated carbocycles. The first-order valence-electron chi connectivity index (χ1n) is 8.16. The molecule has 1 amide bonds. The van der Waals surface area contributed by atoms with Crippen molar-refractivity contribution >= 4 is 17.7 Å². The van der Waals surface area contributed by atoms with Gasteiger partial charge in [-0.05, 0) is 58.6 Å². The van der Waals surface area contributed by atoms with Crippen molar-refractivity contribution in [3.8, 4) is 5.75 Å². The predicted octanol–water partition coefficient (Wildman–Crippen LogP) is 4.75. The molecule has 1 atom stereocenters. The van der Waals surface area contributed by atoms with Gasteiger partial charge in [0.25, 0.3) is 0 Å². The monoisotopic (exact) mass is 356 g/mol. The predicted molar refractivity (Wildman–Crippen MR) is 96.7 cm³/mol. The summed E-state index contributed by atoms with van der Waals surface area (Å²) in [4.78, 5) is 16.2. The van der Waals surface area contributed by atoms with Gasteiger partial charge < -0.3 is 14.8 Å². The van der Waals surface area contributed by atoms with Crippen LogP contribution in [-0.2, 0) is 4.74 Å². The molecule has 5 nitrogen and oxygen atoms in total. The third-order valence-electron chi connectivity index (χ3n) is 3.24. The molecule has 1 rings (SSSR count). The van der Waals surface area contributed by atoms with Gasteiger partial charge in [0.15, 0.2) is 0 Å². The van der Waals surface area contributed by atoms with Gasteiger partial charge in [-0.1, -0.05) is 25.4 Å². The second-order valence-electron chi connectivity index (χ2n) is 7.85. The number of rotatable bonds is 6. The molecular formula is C18H29ClN2O3. The molecule has 136 valence electrons. The number of halogens is 1. The molecule has 1 N–H and O–H groups in total. The van der Waals surface area contributed by atoms with Crippen LogP contribution in [0.25, 0.3) is 0 Å². The van der Waals surface area contributed by atoms with Crippen molar-refractivity contribution in [3.05, 3.63) is 23.0 Å². The van der Waals surface area contributed by atoms with Gasteiger partial charge in [0.1, 0.15) is 23.1 Å². The van der Waals surface area contributed by atoms with Gasteiger partial charge in [-0.25, -0.2) is 9.78 Å². The van der Waals surface area contributed by atoms with Crippen LogP contribution in [0.3, 0.4) is 0 Å². The fourth-order valence-electron chi connectivity index (χ4n) is 2.49. The Morgan fingerprint density at radius 1 is 1.33 bits per heavy atom. The van der Waals surface area contributed by atoms with E-state index in [4.69, 9.17) is 21.1 Å². The Bertz CT molecular complexity index is 570. The Hall–Kier alpha value is -1.49. The van der Waals surface area contributed by atoms with Gasteiger partial charge >= 0.3 is 6.09 Å². The second kappa shape index (κ2) is 8.06. The Balaban J connectivity index is 2.81. The zero-order chi connectivity index (χ0) is 18.5. The number of carbonyl (C=O) groups excluding carboxylic acids is 1. The molecule has 0 fully saturated rings. The van der Waals surface area contributed by atoms with Crippen LogP contribution >= 0.6 is 11.6 Å². The molecule has 0 radical (unpaired) electrons. The molecule has 1 aromatic rings. The van der Waals surface area contributed by atoms with E-state index in [1.807, 2.05) is 34.6 Å².